The topological polar surface area (TPSA) is 24.5 Å². The SMILES string of the molecule is CCN(CC1CCCO1)C(CNC(C)C)c1ccccc1. The number of nitrogens with zero attached hydrogens (tertiary/aromatic N) is 1. The monoisotopic (exact) mass is 290 g/mol. The Hall–Kier alpha value is -0.900. The van der Waals surface area contributed by atoms with E-state index in [2.05, 4.69) is 61.3 Å². The van der Waals surface area contributed by atoms with E-state index < -0.39 is 0 Å². The highest BCUT2D eigenvalue weighted by Gasteiger charge is 2.24. The molecule has 2 unspecified atom stereocenters. The fourth-order valence-electron chi connectivity index (χ4n) is 3.01. The van der Waals surface area contributed by atoms with Gasteiger partial charge in [-0.3, -0.25) is 4.90 Å². The highest BCUT2D eigenvalue weighted by molar-refractivity contribution is 5.19. The number of hydrogen-bond acceptors (Lipinski definition) is 3. The van der Waals surface area contributed by atoms with E-state index in [-0.39, 0.29) is 0 Å². The van der Waals surface area contributed by atoms with E-state index in [1.54, 1.807) is 0 Å². The molecule has 1 heterocycles. The Balaban J connectivity index is 2.07. The van der Waals surface area contributed by atoms with Crippen LogP contribution in [0.4, 0.5) is 0 Å². The Bertz CT molecular complexity index is 387. The molecule has 1 aliphatic heterocycles. The molecule has 2 atom stereocenters. The van der Waals surface area contributed by atoms with Crippen molar-refractivity contribution >= 4 is 0 Å². The van der Waals surface area contributed by atoms with E-state index in [9.17, 15) is 0 Å². The molecule has 3 heteroatoms. The molecule has 118 valence electrons. The molecule has 1 fully saturated rings. The second kappa shape index (κ2) is 8.52. The maximum absolute atomic E-state index is 5.83. The summed E-state index contributed by atoms with van der Waals surface area (Å²) in [5.41, 5.74) is 1.39. The summed E-state index contributed by atoms with van der Waals surface area (Å²) < 4.78 is 5.83. The highest BCUT2D eigenvalue weighted by Crippen LogP contribution is 2.23. The lowest BCUT2D eigenvalue weighted by molar-refractivity contribution is 0.0582. The molecule has 1 aromatic rings. The van der Waals surface area contributed by atoms with Gasteiger partial charge in [0.15, 0.2) is 0 Å². The van der Waals surface area contributed by atoms with E-state index in [0.717, 1.165) is 26.2 Å². The van der Waals surface area contributed by atoms with Crippen molar-refractivity contribution in [2.24, 2.45) is 0 Å². The van der Waals surface area contributed by atoms with Crippen molar-refractivity contribution in [3.8, 4) is 0 Å². The van der Waals surface area contributed by atoms with Gasteiger partial charge in [0.2, 0.25) is 0 Å². The maximum atomic E-state index is 5.83. The summed E-state index contributed by atoms with van der Waals surface area (Å²) in [5.74, 6) is 0. The van der Waals surface area contributed by atoms with Gasteiger partial charge in [-0.25, -0.2) is 0 Å². The van der Waals surface area contributed by atoms with E-state index in [0.29, 0.717) is 18.2 Å². The molecule has 0 saturated carbocycles. The highest BCUT2D eigenvalue weighted by atomic mass is 16.5. The number of nitrogens with one attached hydrogen (secondary N) is 1. The van der Waals surface area contributed by atoms with Crippen LogP contribution in [-0.2, 0) is 4.74 Å². The molecule has 0 aliphatic carbocycles. The summed E-state index contributed by atoms with van der Waals surface area (Å²) in [7, 11) is 0. The third-order valence-electron chi connectivity index (χ3n) is 4.21. The quantitative estimate of drug-likeness (QED) is 0.795. The van der Waals surface area contributed by atoms with Gasteiger partial charge in [0.1, 0.15) is 0 Å². The molecule has 1 aromatic carbocycles. The van der Waals surface area contributed by atoms with Crippen LogP contribution in [-0.4, -0.2) is 43.3 Å². The van der Waals surface area contributed by atoms with E-state index in [4.69, 9.17) is 4.74 Å². The molecule has 3 nitrogen and oxygen atoms in total. The van der Waals surface area contributed by atoms with Crippen LogP contribution in [0.25, 0.3) is 0 Å². The Morgan fingerprint density at radius 1 is 1.29 bits per heavy atom. The van der Waals surface area contributed by atoms with Crippen molar-refractivity contribution in [2.45, 2.75) is 51.8 Å². The third-order valence-corrected chi connectivity index (χ3v) is 4.21. The molecule has 0 bridgehead atoms. The lowest BCUT2D eigenvalue weighted by Crippen LogP contribution is -2.41. The van der Waals surface area contributed by atoms with Crippen molar-refractivity contribution in [3.05, 3.63) is 35.9 Å². The fraction of sp³-hybridized carbons (Fsp3) is 0.667. The summed E-state index contributed by atoms with van der Waals surface area (Å²) in [6, 6.07) is 11.8. The van der Waals surface area contributed by atoms with Crippen LogP contribution in [0.1, 0.15) is 45.2 Å². The van der Waals surface area contributed by atoms with Gasteiger partial charge in [0.05, 0.1) is 6.10 Å². The first-order valence-corrected chi connectivity index (χ1v) is 8.34. The second-order valence-corrected chi connectivity index (χ2v) is 6.21. The predicted molar refractivity (Wildman–Crippen MR) is 88.5 cm³/mol. The van der Waals surface area contributed by atoms with Gasteiger partial charge >= 0.3 is 0 Å². The van der Waals surface area contributed by atoms with Gasteiger partial charge in [-0.05, 0) is 24.9 Å². The lowest BCUT2D eigenvalue weighted by Gasteiger charge is -2.33. The van der Waals surface area contributed by atoms with Crippen LogP contribution >= 0.6 is 0 Å². The number of ether oxygens (including phenoxy) is 1. The molecular weight excluding hydrogens is 260 g/mol. The van der Waals surface area contributed by atoms with Crippen molar-refractivity contribution in [2.75, 3.05) is 26.2 Å². The molecule has 1 N–H and O–H groups in total. The van der Waals surface area contributed by atoms with Crippen LogP contribution in [0, 0.1) is 0 Å². The number of benzene rings is 1. The fourth-order valence-corrected chi connectivity index (χ4v) is 3.01. The van der Waals surface area contributed by atoms with E-state index >= 15 is 0 Å². The predicted octanol–water partition coefficient (Wildman–Crippen LogP) is 3.23. The molecule has 1 aliphatic rings. The standard InChI is InChI=1S/C18H30N2O/c1-4-20(14-17-11-8-12-21-17)18(13-19-15(2)3)16-9-6-5-7-10-16/h5-7,9-10,15,17-19H,4,8,11-14H2,1-3H3. The first-order valence-electron chi connectivity index (χ1n) is 8.34. The smallest absolute Gasteiger partial charge is 0.0703 e. The average Bonchev–Trinajstić information content (AvgIpc) is 3.00. The molecule has 1 saturated heterocycles. The molecular formula is C18H30N2O. The minimum absolute atomic E-state index is 0.412. The first-order chi connectivity index (χ1) is 10.2. The summed E-state index contributed by atoms with van der Waals surface area (Å²) >= 11 is 0. The van der Waals surface area contributed by atoms with E-state index in [1.807, 2.05) is 0 Å². The minimum atomic E-state index is 0.412. The lowest BCUT2D eigenvalue weighted by atomic mass is 10.0. The molecule has 0 amide bonds. The van der Waals surface area contributed by atoms with Crippen LogP contribution in [0.2, 0.25) is 0 Å². The van der Waals surface area contributed by atoms with Crippen LogP contribution in [0.15, 0.2) is 30.3 Å². The normalized spacial score (nSPS) is 20.3. The Morgan fingerprint density at radius 2 is 2.05 bits per heavy atom. The number of rotatable bonds is 8. The zero-order chi connectivity index (χ0) is 15.1. The van der Waals surface area contributed by atoms with Gasteiger partial charge in [-0.1, -0.05) is 51.1 Å². The van der Waals surface area contributed by atoms with Crippen LogP contribution < -0.4 is 5.32 Å². The zero-order valence-electron chi connectivity index (χ0n) is 13.7. The van der Waals surface area contributed by atoms with E-state index in [1.165, 1.54) is 18.4 Å². The molecule has 21 heavy (non-hydrogen) atoms. The second-order valence-electron chi connectivity index (χ2n) is 6.21. The molecule has 2 rings (SSSR count). The third kappa shape index (κ3) is 5.10. The summed E-state index contributed by atoms with van der Waals surface area (Å²) in [5, 5.41) is 3.60. The van der Waals surface area contributed by atoms with Crippen molar-refractivity contribution < 1.29 is 4.74 Å². The average molecular weight is 290 g/mol. The largest absolute Gasteiger partial charge is 0.377 e. The van der Waals surface area contributed by atoms with Crippen LogP contribution in [0.5, 0.6) is 0 Å². The summed E-state index contributed by atoms with van der Waals surface area (Å²) in [6.45, 7) is 10.7. The molecule has 0 radical (unpaired) electrons. The zero-order valence-corrected chi connectivity index (χ0v) is 13.7. The minimum Gasteiger partial charge on any atom is -0.377 e. The van der Waals surface area contributed by atoms with Crippen molar-refractivity contribution in [1.29, 1.82) is 0 Å². The first kappa shape index (κ1) is 16.5. The van der Waals surface area contributed by atoms with Crippen LogP contribution in [0.3, 0.4) is 0 Å². The summed E-state index contributed by atoms with van der Waals surface area (Å²) in [6.07, 6.45) is 2.83. The van der Waals surface area contributed by atoms with Gasteiger partial charge in [0, 0.05) is 31.8 Å². The Kier molecular flexibility index (Phi) is 6.68. The van der Waals surface area contributed by atoms with Crippen molar-refractivity contribution in [1.82, 2.24) is 10.2 Å². The molecule has 0 spiro atoms. The maximum Gasteiger partial charge on any atom is 0.0703 e. The van der Waals surface area contributed by atoms with Gasteiger partial charge in [-0.2, -0.15) is 0 Å². The summed E-state index contributed by atoms with van der Waals surface area (Å²) in [4.78, 5) is 2.56. The van der Waals surface area contributed by atoms with Gasteiger partial charge in [-0.15, -0.1) is 0 Å². The van der Waals surface area contributed by atoms with Crippen molar-refractivity contribution in [3.63, 3.8) is 0 Å². The number of likely N-dealkylation sites (N-methyl/N-ethyl adjacent to an activating group) is 1. The van der Waals surface area contributed by atoms with Gasteiger partial charge in [0.25, 0.3) is 0 Å². The number of hydrogen-bond donors (Lipinski definition) is 1. The Morgan fingerprint density at radius 3 is 2.62 bits per heavy atom. The molecule has 0 aromatic heterocycles. The van der Waals surface area contributed by atoms with Gasteiger partial charge < -0.3 is 10.1 Å². The Labute approximate surface area is 129 Å².